The van der Waals surface area contributed by atoms with Crippen LogP contribution < -0.4 is 9.62 Å². The number of rotatable bonds is 11. The van der Waals surface area contributed by atoms with Crippen molar-refractivity contribution in [3.63, 3.8) is 0 Å². The Morgan fingerprint density at radius 2 is 1.71 bits per heavy atom. The minimum atomic E-state index is -3.85. The van der Waals surface area contributed by atoms with Gasteiger partial charge in [-0.1, -0.05) is 42.1 Å². The molecule has 2 amide bonds. The van der Waals surface area contributed by atoms with E-state index in [2.05, 4.69) is 5.32 Å². The summed E-state index contributed by atoms with van der Waals surface area (Å²) >= 11 is 12.7. The number of carbonyl (C=O) groups is 2. The molecule has 0 aromatic heterocycles. The van der Waals surface area contributed by atoms with Crippen LogP contribution in [0.4, 0.5) is 14.5 Å². The second-order valence-corrected chi connectivity index (χ2v) is 12.1. The fraction of sp³-hybridized carbons (Fsp3) is 0.462. The normalized spacial score (nSPS) is 14.8. The predicted octanol–water partition coefficient (Wildman–Crippen LogP) is 5.29. The molecule has 1 N–H and O–H groups in total. The van der Waals surface area contributed by atoms with Gasteiger partial charge in [-0.3, -0.25) is 13.9 Å². The van der Waals surface area contributed by atoms with Crippen LogP contribution in [0.3, 0.4) is 0 Å². The van der Waals surface area contributed by atoms with Crippen molar-refractivity contribution < 1.29 is 26.8 Å². The van der Waals surface area contributed by atoms with Crippen molar-refractivity contribution in [3.05, 3.63) is 63.6 Å². The Labute approximate surface area is 232 Å². The SMILES string of the molecule is C[C@@H](C(=O)NC1CCCC1)N(Cc1c(Cl)cccc1Cl)C(=O)CCCN(c1ccc(F)c(F)c1)S(C)(=O)=O. The molecule has 0 radical (unpaired) electrons. The molecule has 1 aliphatic carbocycles. The van der Waals surface area contributed by atoms with Gasteiger partial charge < -0.3 is 10.2 Å². The summed E-state index contributed by atoms with van der Waals surface area (Å²) in [5.74, 6) is -2.99. The van der Waals surface area contributed by atoms with Crippen molar-refractivity contribution in [3.8, 4) is 0 Å². The van der Waals surface area contributed by atoms with Gasteiger partial charge in [-0.25, -0.2) is 17.2 Å². The fourth-order valence-electron chi connectivity index (χ4n) is 4.47. The smallest absolute Gasteiger partial charge is 0.242 e. The molecule has 208 valence electrons. The lowest BCUT2D eigenvalue weighted by Crippen LogP contribution is -2.49. The van der Waals surface area contributed by atoms with E-state index in [1.54, 1.807) is 25.1 Å². The highest BCUT2D eigenvalue weighted by atomic mass is 35.5. The largest absolute Gasteiger partial charge is 0.352 e. The number of benzene rings is 2. The van der Waals surface area contributed by atoms with Gasteiger partial charge in [0, 0.05) is 47.2 Å². The molecule has 7 nitrogen and oxygen atoms in total. The Bertz CT molecular complexity index is 1250. The highest BCUT2D eigenvalue weighted by Gasteiger charge is 2.29. The van der Waals surface area contributed by atoms with Crippen LogP contribution in [0.15, 0.2) is 36.4 Å². The molecule has 1 saturated carbocycles. The van der Waals surface area contributed by atoms with Gasteiger partial charge >= 0.3 is 0 Å². The summed E-state index contributed by atoms with van der Waals surface area (Å²) in [6, 6.07) is 6.96. The van der Waals surface area contributed by atoms with Gasteiger partial charge in [0.15, 0.2) is 11.6 Å². The average molecular weight is 591 g/mol. The minimum Gasteiger partial charge on any atom is -0.352 e. The molecular formula is C26H31Cl2F2N3O4S. The van der Waals surface area contributed by atoms with Crippen LogP contribution in [0.1, 0.15) is 51.0 Å². The van der Waals surface area contributed by atoms with Crippen molar-refractivity contribution in [2.45, 2.75) is 64.1 Å². The minimum absolute atomic E-state index is 0.0183. The summed E-state index contributed by atoms with van der Waals surface area (Å²) in [5, 5.41) is 3.70. The third kappa shape index (κ3) is 7.80. The molecular weight excluding hydrogens is 559 g/mol. The molecule has 12 heteroatoms. The maximum Gasteiger partial charge on any atom is 0.242 e. The van der Waals surface area contributed by atoms with Crippen LogP contribution in [-0.4, -0.2) is 50.0 Å². The highest BCUT2D eigenvalue weighted by Crippen LogP contribution is 2.27. The Hall–Kier alpha value is -2.43. The summed E-state index contributed by atoms with van der Waals surface area (Å²) in [4.78, 5) is 27.8. The highest BCUT2D eigenvalue weighted by molar-refractivity contribution is 7.92. The first kappa shape index (κ1) is 30.1. The number of nitrogens with one attached hydrogen (secondary N) is 1. The third-order valence-electron chi connectivity index (χ3n) is 6.60. The van der Waals surface area contributed by atoms with Crippen molar-refractivity contribution in [2.24, 2.45) is 0 Å². The van der Waals surface area contributed by atoms with Crippen molar-refractivity contribution in [1.82, 2.24) is 10.2 Å². The van der Waals surface area contributed by atoms with E-state index in [1.165, 1.54) is 4.90 Å². The monoisotopic (exact) mass is 589 g/mol. The molecule has 3 rings (SSSR count). The quantitative estimate of drug-likeness (QED) is 0.385. The Morgan fingerprint density at radius 3 is 2.29 bits per heavy atom. The van der Waals surface area contributed by atoms with E-state index in [4.69, 9.17) is 23.2 Å². The van der Waals surface area contributed by atoms with E-state index in [9.17, 15) is 26.8 Å². The molecule has 1 aliphatic rings. The number of amides is 2. The fourth-order valence-corrected chi connectivity index (χ4v) is 5.95. The molecule has 0 aliphatic heterocycles. The molecule has 0 saturated heterocycles. The maximum absolute atomic E-state index is 13.7. The zero-order valence-electron chi connectivity index (χ0n) is 21.2. The summed E-state index contributed by atoms with van der Waals surface area (Å²) in [6.07, 6.45) is 4.73. The second kappa shape index (κ2) is 13.1. The zero-order valence-corrected chi connectivity index (χ0v) is 23.6. The molecule has 38 heavy (non-hydrogen) atoms. The summed E-state index contributed by atoms with van der Waals surface area (Å²) in [7, 11) is -3.85. The Morgan fingerprint density at radius 1 is 1.08 bits per heavy atom. The molecule has 1 atom stereocenters. The molecule has 0 bridgehead atoms. The summed E-state index contributed by atoms with van der Waals surface area (Å²) in [5.41, 5.74) is 0.437. The van der Waals surface area contributed by atoms with Crippen LogP contribution in [0.2, 0.25) is 10.0 Å². The van der Waals surface area contributed by atoms with Gasteiger partial charge in [0.05, 0.1) is 11.9 Å². The van der Waals surface area contributed by atoms with Gasteiger partial charge in [-0.2, -0.15) is 0 Å². The first-order valence-corrected chi connectivity index (χ1v) is 14.9. The van der Waals surface area contributed by atoms with E-state index in [-0.39, 0.29) is 43.6 Å². The molecule has 2 aromatic carbocycles. The van der Waals surface area contributed by atoms with E-state index < -0.39 is 33.6 Å². The topological polar surface area (TPSA) is 86.8 Å². The Balaban J connectivity index is 1.77. The van der Waals surface area contributed by atoms with Crippen LogP contribution in [-0.2, 0) is 26.2 Å². The van der Waals surface area contributed by atoms with Crippen molar-refractivity contribution in [2.75, 3.05) is 17.1 Å². The number of hydrogen-bond donors (Lipinski definition) is 1. The molecule has 1 fully saturated rings. The predicted molar refractivity (Wildman–Crippen MR) is 145 cm³/mol. The molecule has 2 aromatic rings. The lowest BCUT2D eigenvalue weighted by molar-refractivity contribution is -0.140. The second-order valence-electron chi connectivity index (χ2n) is 9.42. The number of hydrogen-bond acceptors (Lipinski definition) is 4. The molecule has 0 unspecified atom stereocenters. The third-order valence-corrected chi connectivity index (χ3v) is 8.50. The van der Waals surface area contributed by atoms with Gasteiger partial charge in [0.25, 0.3) is 0 Å². The number of halogens is 4. The van der Waals surface area contributed by atoms with Gasteiger partial charge in [0.1, 0.15) is 6.04 Å². The van der Waals surface area contributed by atoms with E-state index in [0.29, 0.717) is 15.6 Å². The summed E-state index contributed by atoms with van der Waals surface area (Å²) < 4.78 is 52.7. The molecule has 0 heterocycles. The first-order chi connectivity index (χ1) is 17.9. The van der Waals surface area contributed by atoms with E-state index >= 15 is 0 Å². The van der Waals surface area contributed by atoms with Crippen molar-refractivity contribution in [1.29, 1.82) is 0 Å². The van der Waals surface area contributed by atoms with Crippen LogP contribution >= 0.6 is 23.2 Å². The van der Waals surface area contributed by atoms with E-state index in [1.807, 2.05) is 0 Å². The van der Waals surface area contributed by atoms with Gasteiger partial charge in [-0.05, 0) is 50.5 Å². The number of carbonyl (C=O) groups excluding carboxylic acids is 2. The lowest BCUT2D eigenvalue weighted by atomic mass is 10.1. The number of sulfonamides is 1. The average Bonchev–Trinajstić information content (AvgIpc) is 3.35. The summed E-state index contributed by atoms with van der Waals surface area (Å²) in [6.45, 7) is 1.45. The first-order valence-electron chi connectivity index (χ1n) is 12.3. The van der Waals surface area contributed by atoms with Crippen LogP contribution in [0.5, 0.6) is 0 Å². The standard InChI is InChI=1S/C26H31Cl2F2N3O4S/c1-17(26(35)31-18-7-3-4-8-18)32(16-20-21(27)9-5-10-22(20)28)25(34)11-6-14-33(38(2,36)37)19-12-13-23(29)24(30)15-19/h5,9-10,12-13,15,17-18H,3-4,6-8,11,14,16H2,1-2H3,(H,31,35)/t17-/m0/s1. The van der Waals surface area contributed by atoms with Crippen molar-refractivity contribution >= 4 is 50.7 Å². The maximum atomic E-state index is 13.7. The number of anilines is 1. The van der Waals surface area contributed by atoms with E-state index in [0.717, 1.165) is 54.4 Å². The Kier molecular flexibility index (Phi) is 10.4. The number of nitrogens with zero attached hydrogens (tertiary/aromatic N) is 2. The lowest BCUT2D eigenvalue weighted by Gasteiger charge is -2.30. The van der Waals surface area contributed by atoms with Crippen LogP contribution in [0.25, 0.3) is 0 Å². The van der Waals surface area contributed by atoms with Gasteiger partial charge in [0.2, 0.25) is 21.8 Å². The molecule has 0 spiro atoms. The van der Waals surface area contributed by atoms with Gasteiger partial charge in [-0.15, -0.1) is 0 Å². The zero-order chi connectivity index (χ0) is 28.0. The van der Waals surface area contributed by atoms with Crippen LogP contribution in [0, 0.1) is 11.6 Å².